The van der Waals surface area contributed by atoms with Crippen molar-refractivity contribution in [2.45, 2.75) is 12.5 Å². The Hall–Kier alpha value is -2.73. The average Bonchev–Trinajstić information content (AvgIpc) is 2.71. The zero-order chi connectivity index (χ0) is 18.7. The number of fused-ring (bicyclic) bond motifs is 1. The van der Waals surface area contributed by atoms with Crippen LogP contribution in [0.3, 0.4) is 0 Å². The van der Waals surface area contributed by atoms with Gasteiger partial charge in [0.25, 0.3) is 0 Å². The largest absolute Gasteiger partial charge is 0.493 e. The van der Waals surface area contributed by atoms with E-state index in [1.807, 2.05) is 30.3 Å². The Bertz CT molecular complexity index is 831. The molecule has 138 valence electrons. The lowest BCUT2D eigenvalue weighted by molar-refractivity contribution is 0.265. The zero-order valence-corrected chi connectivity index (χ0v) is 15.4. The van der Waals surface area contributed by atoms with Crippen molar-refractivity contribution in [3.8, 4) is 23.0 Å². The van der Waals surface area contributed by atoms with Gasteiger partial charge in [-0.15, -0.1) is 0 Å². The molecule has 6 heteroatoms. The predicted molar refractivity (Wildman–Crippen MR) is 99.3 cm³/mol. The van der Waals surface area contributed by atoms with Crippen molar-refractivity contribution >= 4 is 5.71 Å². The molecule has 1 unspecified atom stereocenters. The summed E-state index contributed by atoms with van der Waals surface area (Å²) >= 11 is 0. The number of nitrogens with zero attached hydrogens (tertiary/aromatic N) is 1. The molecule has 6 nitrogen and oxygen atoms in total. The van der Waals surface area contributed by atoms with Crippen LogP contribution in [0.2, 0.25) is 0 Å². The van der Waals surface area contributed by atoms with E-state index in [0.717, 1.165) is 22.4 Å². The van der Waals surface area contributed by atoms with Crippen molar-refractivity contribution in [2.24, 2.45) is 4.99 Å². The number of aliphatic hydroxyl groups excluding tert-OH is 1. The maximum absolute atomic E-state index is 9.68. The SMILES string of the molecule is COc1ccc(C2=NC(CO)Cc3cc(OC)c(OC)cc32)cc1OC. The number of rotatable bonds is 6. The molecule has 0 bridgehead atoms. The molecule has 3 rings (SSSR count). The predicted octanol–water partition coefficient (Wildman–Crippen LogP) is 2.48. The number of benzene rings is 2. The molecule has 0 aromatic heterocycles. The number of methoxy groups -OCH3 is 4. The molecule has 0 saturated heterocycles. The van der Waals surface area contributed by atoms with Crippen molar-refractivity contribution in [1.29, 1.82) is 0 Å². The highest BCUT2D eigenvalue weighted by molar-refractivity contribution is 6.15. The molecule has 0 spiro atoms. The molecule has 2 aromatic carbocycles. The minimum atomic E-state index is -0.205. The summed E-state index contributed by atoms with van der Waals surface area (Å²) in [5.74, 6) is 2.58. The van der Waals surface area contributed by atoms with Crippen LogP contribution in [0.4, 0.5) is 0 Å². The van der Waals surface area contributed by atoms with E-state index in [1.54, 1.807) is 28.4 Å². The van der Waals surface area contributed by atoms with E-state index in [4.69, 9.17) is 23.9 Å². The fourth-order valence-electron chi connectivity index (χ4n) is 3.18. The molecule has 1 aliphatic heterocycles. The lowest BCUT2D eigenvalue weighted by Crippen LogP contribution is -2.24. The van der Waals surface area contributed by atoms with Crippen LogP contribution in [0.25, 0.3) is 0 Å². The first-order valence-electron chi connectivity index (χ1n) is 8.31. The lowest BCUT2D eigenvalue weighted by atomic mass is 9.89. The quantitative estimate of drug-likeness (QED) is 0.860. The average molecular weight is 357 g/mol. The first kappa shape index (κ1) is 18.1. The molecule has 1 heterocycles. The Kier molecular flexibility index (Phi) is 5.32. The van der Waals surface area contributed by atoms with Crippen LogP contribution in [0.5, 0.6) is 23.0 Å². The number of aliphatic imine (C=N–C) groups is 1. The first-order valence-corrected chi connectivity index (χ1v) is 8.31. The van der Waals surface area contributed by atoms with Gasteiger partial charge in [-0.05, 0) is 42.3 Å². The molecule has 0 saturated carbocycles. The third-order valence-corrected chi connectivity index (χ3v) is 4.50. The van der Waals surface area contributed by atoms with Crippen LogP contribution in [-0.4, -0.2) is 51.9 Å². The Morgan fingerprint density at radius 3 is 2.12 bits per heavy atom. The standard InChI is InChI=1S/C20H23NO5/c1-23-16-6-5-12(8-17(16)24-2)20-15-10-19(26-4)18(25-3)9-13(15)7-14(11-22)21-20/h5-6,8-10,14,22H,7,11H2,1-4H3. The molecule has 2 aromatic rings. The van der Waals surface area contributed by atoms with E-state index in [0.29, 0.717) is 29.4 Å². The third-order valence-electron chi connectivity index (χ3n) is 4.50. The minimum absolute atomic E-state index is 0.0232. The second-order valence-corrected chi connectivity index (χ2v) is 5.95. The Balaban J connectivity index is 2.16. The summed E-state index contributed by atoms with van der Waals surface area (Å²) in [6.07, 6.45) is 0.642. The van der Waals surface area contributed by atoms with Gasteiger partial charge in [-0.3, -0.25) is 4.99 Å². The van der Waals surface area contributed by atoms with E-state index < -0.39 is 0 Å². The summed E-state index contributed by atoms with van der Waals surface area (Å²) in [7, 11) is 6.42. The second kappa shape index (κ2) is 7.66. The van der Waals surface area contributed by atoms with Gasteiger partial charge in [0, 0.05) is 11.1 Å². The summed E-state index contributed by atoms with van der Waals surface area (Å²) in [4.78, 5) is 4.75. The van der Waals surface area contributed by atoms with Crippen LogP contribution in [-0.2, 0) is 6.42 Å². The summed E-state index contributed by atoms with van der Waals surface area (Å²) in [6.45, 7) is -0.0232. The van der Waals surface area contributed by atoms with Crippen LogP contribution < -0.4 is 18.9 Å². The molecule has 0 amide bonds. The van der Waals surface area contributed by atoms with Gasteiger partial charge in [0.1, 0.15) is 0 Å². The van der Waals surface area contributed by atoms with Crippen molar-refractivity contribution in [1.82, 2.24) is 0 Å². The third kappa shape index (κ3) is 3.20. The molecular weight excluding hydrogens is 334 g/mol. The molecule has 1 N–H and O–H groups in total. The van der Waals surface area contributed by atoms with E-state index >= 15 is 0 Å². The number of hydrogen-bond acceptors (Lipinski definition) is 6. The fourth-order valence-corrected chi connectivity index (χ4v) is 3.18. The summed E-state index contributed by atoms with van der Waals surface area (Å²) in [5, 5.41) is 9.68. The topological polar surface area (TPSA) is 69.5 Å². The first-order chi connectivity index (χ1) is 12.6. The normalized spacial score (nSPS) is 15.7. The maximum atomic E-state index is 9.68. The van der Waals surface area contributed by atoms with E-state index in [2.05, 4.69) is 0 Å². The summed E-state index contributed by atoms with van der Waals surface area (Å²) in [6, 6.07) is 9.34. The van der Waals surface area contributed by atoms with Crippen molar-refractivity contribution < 1.29 is 24.1 Å². The highest BCUT2D eigenvalue weighted by Crippen LogP contribution is 2.36. The molecule has 1 aliphatic rings. The Morgan fingerprint density at radius 1 is 0.885 bits per heavy atom. The number of hydrogen-bond donors (Lipinski definition) is 1. The van der Waals surface area contributed by atoms with E-state index in [1.165, 1.54) is 0 Å². The second-order valence-electron chi connectivity index (χ2n) is 5.95. The zero-order valence-electron chi connectivity index (χ0n) is 15.4. The molecule has 0 radical (unpaired) electrons. The molecular formula is C20H23NO5. The van der Waals surface area contributed by atoms with Crippen LogP contribution >= 0.6 is 0 Å². The highest BCUT2D eigenvalue weighted by atomic mass is 16.5. The van der Waals surface area contributed by atoms with Crippen LogP contribution in [0, 0.1) is 0 Å². The number of aliphatic hydroxyl groups is 1. The Labute approximate surface area is 153 Å². The van der Waals surface area contributed by atoms with Gasteiger partial charge < -0.3 is 24.1 Å². The van der Waals surface area contributed by atoms with Gasteiger partial charge in [-0.1, -0.05) is 0 Å². The molecule has 1 atom stereocenters. The van der Waals surface area contributed by atoms with Crippen molar-refractivity contribution in [3.63, 3.8) is 0 Å². The van der Waals surface area contributed by atoms with E-state index in [9.17, 15) is 5.11 Å². The van der Waals surface area contributed by atoms with Gasteiger partial charge >= 0.3 is 0 Å². The van der Waals surface area contributed by atoms with Crippen LogP contribution in [0.1, 0.15) is 16.7 Å². The maximum Gasteiger partial charge on any atom is 0.161 e. The van der Waals surface area contributed by atoms with E-state index in [-0.39, 0.29) is 12.6 Å². The van der Waals surface area contributed by atoms with Gasteiger partial charge in [0.05, 0.1) is 46.8 Å². The van der Waals surface area contributed by atoms with Gasteiger partial charge in [-0.2, -0.15) is 0 Å². The Morgan fingerprint density at radius 2 is 1.50 bits per heavy atom. The van der Waals surface area contributed by atoms with Crippen molar-refractivity contribution in [2.75, 3.05) is 35.0 Å². The summed E-state index contributed by atoms with van der Waals surface area (Å²) < 4.78 is 21.6. The smallest absolute Gasteiger partial charge is 0.161 e. The van der Waals surface area contributed by atoms with Gasteiger partial charge in [0.15, 0.2) is 23.0 Å². The lowest BCUT2D eigenvalue weighted by Gasteiger charge is -2.24. The summed E-state index contributed by atoms with van der Waals surface area (Å²) in [5.41, 5.74) is 3.68. The van der Waals surface area contributed by atoms with Crippen molar-refractivity contribution in [3.05, 3.63) is 47.0 Å². The monoisotopic (exact) mass is 357 g/mol. The molecule has 0 fully saturated rings. The van der Waals surface area contributed by atoms with Gasteiger partial charge in [-0.25, -0.2) is 0 Å². The molecule has 0 aliphatic carbocycles. The highest BCUT2D eigenvalue weighted by Gasteiger charge is 2.25. The molecule has 26 heavy (non-hydrogen) atoms. The van der Waals surface area contributed by atoms with Crippen LogP contribution in [0.15, 0.2) is 35.3 Å². The number of ether oxygens (including phenoxy) is 4. The fraction of sp³-hybridized carbons (Fsp3) is 0.350. The minimum Gasteiger partial charge on any atom is -0.493 e. The van der Waals surface area contributed by atoms with Gasteiger partial charge in [0.2, 0.25) is 0 Å².